The van der Waals surface area contributed by atoms with Gasteiger partial charge >= 0.3 is 0 Å². The van der Waals surface area contributed by atoms with Gasteiger partial charge in [0.25, 0.3) is 11.8 Å². The lowest BCUT2D eigenvalue weighted by molar-refractivity contribution is -0.146. The van der Waals surface area contributed by atoms with E-state index in [1.807, 2.05) is 73.8 Å². The molecular formula is C42H46FN5O6Si. The minimum absolute atomic E-state index is 0.120. The van der Waals surface area contributed by atoms with Gasteiger partial charge in [0.2, 0.25) is 8.41 Å². The van der Waals surface area contributed by atoms with Gasteiger partial charge in [-0.2, -0.15) is 0 Å². The van der Waals surface area contributed by atoms with Gasteiger partial charge in [-0.1, -0.05) is 54.6 Å². The van der Waals surface area contributed by atoms with Gasteiger partial charge in [0.15, 0.2) is 5.60 Å². The Bertz CT molecular complexity index is 2140. The molecular weight excluding hydrogens is 718 g/mol. The normalized spacial score (nSPS) is 21.1. The number of ether oxygens (including phenoxy) is 3. The molecule has 1 spiro atoms. The molecule has 4 aromatic carbocycles. The summed E-state index contributed by atoms with van der Waals surface area (Å²) in [5, 5.41) is 21.8. The Hall–Kier alpha value is -5.37. The highest BCUT2D eigenvalue weighted by Gasteiger charge is 2.66. The van der Waals surface area contributed by atoms with Crippen LogP contribution in [-0.2, 0) is 28.2 Å². The number of hydrogen-bond donors (Lipinski definition) is 2. The molecule has 2 aliphatic heterocycles. The van der Waals surface area contributed by atoms with Gasteiger partial charge in [-0.3, -0.25) is 14.3 Å². The van der Waals surface area contributed by atoms with E-state index in [-0.39, 0.29) is 30.9 Å². The first kappa shape index (κ1) is 37.9. The van der Waals surface area contributed by atoms with Crippen LogP contribution in [0.2, 0.25) is 18.6 Å². The second kappa shape index (κ2) is 15.4. The molecule has 5 atom stereocenters. The molecule has 2 N–H and O–H groups in total. The van der Waals surface area contributed by atoms with E-state index in [1.165, 1.54) is 0 Å². The van der Waals surface area contributed by atoms with Gasteiger partial charge in [0, 0.05) is 41.0 Å². The summed E-state index contributed by atoms with van der Waals surface area (Å²) in [5.74, 6) is -0.0702. The third kappa shape index (κ3) is 7.27. The van der Waals surface area contributed by atoms with Crippen molar-refractivity contribution in [2.24, 2.45) is 5.92 Å². The van der Waals surface area contributed by atoms with E-state index < -0.39 is 31.6 Å². The third-order valence-electron chi connectivity index (χ3n) is 11.0. The Labute approximate surface area is 321 Å². The summed E-state index contributed by atoms with van der Waals surface area (Å²) in [6.45, 7) is 5.80. The first-order chi connectivity index (χ1) is 26.5. The number of carbonyl (C=O) groups is 2. The van der Waals surface area contributed by atoms with Crippen molar-refractivity contribution >= 4 is 31.6 Å². The van der Waals surface area contributed by atoms with Crippen LogP contribution < -0.4 is 19.7 Å². The van der Waals surface area contributed by atoms with Gasteiger partial charge in [-0.05, 0) is 85.2 Å². The lowest BCUT2D eigenvalue weighted by Crippen LogP contribution is -2.45. The first-order valence-electron chi connectivity index (χ1n) is 18.4. The quantitative estimate of drug-likeness (QED) is 0.0963. The van der Waals surface area contributed by atoms with Crippen LogP contribution in [0.15, 0.2) is 103 Å². The van der Waals surface area contributed by atoms with Crippen molar-refractivity contribution in [1.82, 2.24) is 15.0 Å². The van der Waals surface area contributed by atoms with Crippen LogP contribution in [-0.4, -0.2) is 67.3 Å². The maximum atomic E-state index is 16.5. The minimum Gasteiger partial charge on any atom is -0.497 e. The highest BCUT2D eigenvalue weighted by Crippen LogP contribution is 2.60. The molecule has 1 fully saturated rings. The fraction of sp³-hybridized carbons (Fsp3) is 0.333. The van der Waals surface area contributed by atoms with E-state index in [0.29, 0.717) is 52.7 Å². The molecule has 1 saturated heterocycles. The number of methoxy groups -OCH3 is 2. The summed E-state index contributed by atoms with van der Waals surface area (Å²) < 4.78 is 35.9. The van der Waals surface area contributed by atoms with Crippen LogP contribution in [0.1, 0.15) is 52.0 Å². The summed E-state index contributed by atoms with van der Waals surface area (Å²) in [6.07, 6.45) is 1.65. The molecule has 11 nitrogen and oxygen atoms in total. The molecule has 3 heterocycles. The highest BCUT2D eigenvalue weighted by molar-refractivity contribution is 6.72. The number of benzene rings is 4. The molecule has 0 aliphatic carbocycles. The molecule has 286 valence electrons. The first-order valence-corrected chi connectivity index (χ1v) is 21.4. The molecule has 55 heavy (non-hydrogen) atoms. The second-order valence-corrected chi connectivity index (χ2v) is 18.6. The van der Waals surface area contributed by atoms with Crippen molar-refractivity contribution < 1.29 is 33.0 Å². The average Bonchev–Trinajstić information content (AvgIpc) is 3.85. The minimum atomic E-state index is -3.41. The number of aliphatic hydroxyl groups excluding tert-OH is 1. The van der Waals surface area contributed by atoms with Crippen LogP contribution in [0.3, 0.4) is 0 Å². The molecule has 0 saturated carbocycles. The topological polar surface area (TPSA) is 128 Å². The zero-order chi connectivity index (χ0) is 38.9. The van der Waals surface area contributed by atoms with Gasteiger partial charge in [0.1, 0.15) is 11.5 Å². The zero-order valence-electron chi connectivity index (χ0n) is 31.6. The molecule has 2 aliphatic rings. The van der Waals surface area contributed by atoms with E-state index in [0.717, 1.165) is 11.1 Å². The van der Waals surface area contributed by atoms with E-state index in [4.69, 9.17) is 14.2 Å². The monoisotopic (exact) mass is 763 g/mol. The van der Waals surface area contributed by atoms with Crippen LogP contribution >= 0.6 is 0 Å². The summed E-state index contributed by atoms with van der Waals surface area (Å²) in [7, 11) is -0.262. The largest absolute Gasteiger partial charge is 0.497 e. The Morgan fingerprint density at radius 3 is 2.35 bits per heavy atom. The lowest BCUT2D eigenvalue weighted by Gasteiger charge is -2.31. The molecule has 1 aromatic heterocycles. The van der Waals surface area contributed by atoms with Crippen LogP contribution in [0, 0.1) is 5.92 Å². The molecule has 0 radical (unpaired) electrons. The van der Waals surface area contributed by atoms with Crippen molar-refractivity contribution in [3.8, 4) is 11.5 Å². The number of halogens is 1. The van der Waals surface area contributed by atoms with E-state index >= 15 is 4.11 Å². The third-order valence-corrected chi connectivity index (χ3v) is 13.5. The van der Waals surface area contributed by atoms with Crippen LogP contribution in [0.4, 0.5) is 15.5 Å². The van der Waals surface area contributed by atoms with Crippen molar-refractivity contribution in [2.75, 3.05) is 31.0 Å². The number of aliphatic hydroxyl groups is 1. The number of rotatable bonds is 13. The summed E-state index contributed by atoms with van der Waals surface area (Å²) in [4.78, 5) is 29.5. The average molecular weight is 764 g/mol. The van der Waals surface area contributed by atoms with Gasteiger partial charge in [0.05, 0.1) is 50.8 Å². The van der Waals surface area contributed by atoms with Crippen molar-refractivity contribution in [1.29, 1.82) is 0 Å². The maximum Gasteiger partial charge on any atom is 0.264 e. The number of amides is 2. The number of anilines is 2. The molecule has 2 amide bonds. The molecule has 0 bridgehead atoms. The van der Waals surface area contributed by atoms with Gasteiger partial charge < -0.3 is 33.6 Å². The molecule has 7 rings (SSSR count). The predicted molar refractivity (Wildman–Crippen MR) is 210 cm³/mol. The fourth-order valence-electron chi connectivity index (χ4n) is 8.30. The lowest BCUT2D eigenvalue weighted by atomic mass is 9.82. The van der Waals surface area contributed by atoms with Crippen molar-refractivity contribution in [2.45, 2.75) is 62.7 Å². The fourth-order valence-corrected chi connectivity index (χ4v) is 10.8. The van der Waals surface area contributed by atoms with E-state index in [2.05, 4.69) is 15.6 Å². The number of hydrogen-bond acceptors (Lipinski definition) is 8. The number of aryl methyl sites for hydroxylation is 1. The standard InChI is InChI=1S/C42H46FN5O6Si/c1-27-39(55(4,5)43)38(21-22-47-25-36(45-46-47)34(26-49)29-9-7-6-8-10-29)54-42(27)35-23-33(53-3)19-20-37(35)48(41(42)51)24-28-11-15-31(16-12-28)44-40(50)30-13-17-32(52-2)18-14-30/h6-20,23,25,27,34,38-39,49H,21-22,24,26H2,1-5H3,(H,44,50)/t27-,34?,38+,39-,42+/m0/s1. The molecule has 1 unspecified atom stereocenters. The number of carbonyl (C=O) groups excluding carboxylic acids is 2. The van der Waals surface area contributed by atoms with Gasteiger partial charge in [-0.25, -0.2) is 0 Å². The van der Waals surface area contributed by atoms with E-state index in [1.54, 1.807) is 73.3 Å². The van der Waals surface area contributed by atoms with Crippen molar-refractivity contribution in [3.63, 3.8) is 0 Å². The number of fused-ring (bicyclic) bond motifs is 2. The second-order valence-electron chi connectivity index (χ2n) is 14.8. The van der Waals surface area contributed by atoms with Crippen LogP contribution in [0.5, 0.6) is 11.5 Å². The predicted octanol–water partition coefficient (Wildman–Crippen LogP) is 7.08. The number of aromatic nitrogens is 3. The number of nitrogens with one attached hydrogen (secondary N) is 1. The summed E-state index contributed by atoms with van der Waals surface area (Å²) in [5.41, 5.74) is 2.94. The van der Waals surface area contributed by atoms with Gasteiger partial charge in [-0.15, -0.1) is 5.10 Å². The zero-order valence-corrected chi connectivity index (χ0v) is 32.6. The van der Waals surface area contributed by atoms with Crippen LogP contribution in [0.25, 0.3) is 0 Å². The van der Waals surface area contributed by atoms with E-state index in [9.17, 15) is 14.7 Å². The Kier molecular flexibility index (Phi) is 10.6. The summed E-state index contributed by atoms with van der Waals surface area (Å²) >= 11 is 0. The Morgan fingerprint density at radius 2 is 1.69 bits per heavy atom. The molecule has 13 heteroatoms. The SMILES string of the molecule is COc1ccc(C(=O)Nc2ccc(CN3C(=O)[C@]4(O[C@H](CCn5cc(C(CO)c6ccccc6)nn5)[C@@H]([Si](C)(C)F)[C@@H]4C)c4cc(OC)ccc43)cc2)cc1. The Morgan fingerprint density at radius 1 is 1.00 bits per heavy atom. The summed E-state index contributed by atoms with van der Waals surface area (Å²) in [6, 6.07) is 29.4. The van der Waals surface area contributed by atoms with Crippen molar-refractivity contribution in [3.05, 3.63) is 131 Å². The smallest absolute Gasteiger partial charge is 0.264 e. The Balaban J connectivity index is 1.12. The maximum absolute atomic E-state index is 16.5. The highest BCUT2D eigenvalue weighted by atomic mass is 28.4. The molecule has 5 aromatic rings. The number of nitrogens with zero attached hydrogens (tertiary/aromatic N) is 4.